The van der Waals surface area contributed by atoms with Gasteiger partial charge in [-0.1, -0.05) is 20.8 Å². The molecule has 0 aromatic heterocycles. The van der Waals surface area contributed by atoms with E-state index in [2.05, 4.69) is 33.9 Å². The van der Waals surface area contributed by atoms with E-state index in [0.29, 0.717) is 10.5 Å². The molecule has 2 heteroatoms. The van der Waals surface area contributed by atoms with Gasteiger partial charge in [-0.15, -0.1) is 0 Å². The molecule has 5 fully saturated rings. The Kier molecular flexibility index (Phi) is 2.14. The third-order valence-corrected chi connectivity index (χ3v) is 12.2. The van der Waals surface area contributed by atoms with E-state index >= 15 is 0 Å². The Morgan fingerprint density at radius 1 is 1.00 bits per heavy atom. The van der Waals surface area contributed by atoms with Crippen molar-refractivity contribution in [2.24, 2.45) is 22.2 Å². The summed E-state index contributed by atoms with van der Waals surface area (Å²) in [6, 6.07) is 0. The van der Waals surface area contributed by atoms with Crippen LogP contribution in [0.2, 0.25) is 18.1 Å². The van der Waals surface area contributed by atoms with Crippen molar-refractivity contribution in [1.82, 2.24) is 0 Å². The van der Waals surface area contributed by atoms with Crippen molar-refractivity contribution in [3.63, 3.8) is 0 Å². The molecule has 5 aliphatic carbocycles. The van der Waals surface area contributed by atoms with Gasteiger partial charge in [0, 0.05) is 6.61 Å². The van der Waals surface area contributed by atoms with Gasteiger partial charge in [0.05, 0.1) is 0 Å². The minimum Gasteiger partial charge on any atom is -0.416 e. The summed E-state index contributed by atoms with van der Waals surface area (Å²) in [5, 5.41) is 0.360. The predicted molar refractivity (Wildman–Crippen MR) is 81.6 cm³/mol. The van der Waals surface area contributed by atoms with Crippen molar-refractivity contribution in [3.05, 3.63) is 0 Å². The highest BCUT2D eigenvalue weighted by Gasteiger charge is 2.81. The molecule has 0 heterocycles. The maximum Gasteiger partial charge on any atom is 0.192 e. The lowest BCUT2D eigenvalue weighted by molar-refractivity contribution is 0.0313. The summed E-state index contributed by atoms with van der Waals surface area (Å²) in [6.07, 6.45) is 9.27. The van der Waals surface area contributed by atoms with Crippen LogP contribution in [0.25, 0.3) is 0 Å². The summed E-state index contributed by atoms with van der Waals surface area (Å²) < 4.78 is 6.62. The van der Waals surface area contributed by atoms with Crippen LogP contribution in [0.15, 0.2) is 0 Å². The minimum atomic E-state index is -1.55. The van der Waals surface area contributed by atoms with Crippen LogP contribution in [0.4, 0.5) is 0 Å². The molecule has 2 unspecified atom stereocenters. The SMILES string of the molecule is CC(C)(C)[Si](C)(C)OCC12CC3C[C@]4(C1)C[C@@]4(C3)C2. The average Bonchev–Trinajstić information content (AvgIpc) is 2.62. The third kappa shape index (κ3) is 1.51. The van der Waals surface area contributed by atoms with Crippen molar-refractivity contribution in [1.29, 1.82) is 0 Å². The molecular formula is C17H30OSi. The van der Waals surface area contributed by atoms with E-state index in [1.165, 1.54) is 19.3 Å². The molecule has 5 saturated carbocycles. The van der Waals surface area contributed by atoms with E-state index in [-0.39, 0.29) is 0 Å². The lowest BCUT2D eigenvalue weighted by Crippen LogP contribution is -2.45. The van der Waals surface area contributed by atoms with Crippen molar-refractivity contribution in [3.8, 4) is 0 Å². The lowest BCUT2D eigenvalue weighted by Gasteiger charge is -2.46. The van der Waals surface area contributed by atoms with Crippen LogP contribution >= 0.6 is 0 Å². The molecule has 4 atom stereocenters. The Bertz CT molecular complexity index is 415. The van der Waals surface area contributed by atoms with Gasteiger partial charge in [0.15, 0.2) is 8.32 Å². The van der Waals surface area contributed by atoms with E-state index in [4.69, 9.17) is 4.43 Å². The molecule has 2 spiro atoms. The fraction of sp³-hybridized carbons (Fsp3) is 1.00. The predicted octanol–water partition coefficient (Wildman–Crippen LogP) is 4.98. The Morgan fingerprint density at radius 2 is 1.58 bits per heavy atom. The summed E-state index contributed by atoms with van der Waals surface area (Å²) in [4.78, 5) is 0. The maximum absolute atomic E-state index is 6.62. The summed E-state index contributed by atoms with van der Waals surface area (Å²) in [5.41, 5.74) is 2.26. The summed E-state index contributed by atoms with van der Waals surface area (Å²) in [5.74, 6) is 1.07. The van der Waals surface area contributed by atoms with Gasteiger partial charge in [-0.2, -0.15) is 0 Å². The monoisotopic (exact) mass is 278 g/mol. The topological polar surface area (TPSA) is 9.23 Å². The first-order valence-corrected chi connectivity index (χ1v) is 11.2. The van der Waals surface area contributed by atoms with Crippen LogP contribution in [-0.4, -0.2) is 14.9 Å². The van der Waals surface area contributed by atoms with Crippen LogP contribution in [0.1, 0.15) is 59.3 Å². The van der Waals surface area contributed by atoms with E-state index in [1.807, 2.05) is 0 Å². The lowest BCUT2D eigenvalue weighted by atomic mass is 9.64. The van der Waals surface area contributed by atoms with Gasteiger partial charge in [0.25, 0.3) is 0 Å². The Hall–Kier alpha value is 0.177. The van der Waals surface area contributed by atoms with Gasteiger partial charge in [-0.3, -0.25) is 0 Å². The van der Waals surface area contributed by atoms with Gasteiger partial charge < -0.3 is 4.43 Å². The second kappa shape index (κ2) is 3.16. The summed E-state index contributed by atoms with van der Waals surface area (Å²) in [6.45, 7) is 13.0. The van der Waals surface area contributed by atoms with Crippen LogP contribution in [0.5, 0.6) is 0 Å². The van der Waals surface area contributed by atoms with Gasteiger partial charge in [-0.25, -0.2) is 0 Å². The molecule has 0 N–H and O–H groups in total. The van der Waals surface area contributed by atoms with Crippen LogP contribution in [0, 0.1) is 22.2 Å². The molecule has 0 saturated heterocycles. The molecule has 5 aliphatic rings. The highest BCUT2D eigenvalue weighted by atomic mass is 28.4. The molecule has 0 aliphatic heterocycles. The normalized spacial score (nSPS) is 50.7. The third-order valence-electron chi connectivity index (χ3n) is 7.73. The van der Waals surface area contributed by atoms with E-state index in [9.17, 15) is 0 Å². The Balaban J connectivity index is 1.48. The molecule has 0 aromatic carbocycles. The molecule has 1 nitrogen and oxygen atoms in total. The zero-order valence-corrected chi connectivity index (χ0v) is 14.4. The fourth-order valence-electron chi connectivity index (χ4n) is 6.11. The standard InChI is InChI=1S/C17H30OSi/c1-14(2,3)19(4,5)18-12-15-6-13-7-16(9-15)11-17(16,8-13)10-15/h13H,6-12H2,1-5H3/t13?,15?,16-,17+. The van der Waals surface area contributed by atoms with Crippen molar-refractivity contribution >= 4 is 8.32 Å². The zero-order chi connectivity index (χ0) is 13.7. The Morgan fingerprint density at radius 3 is 2.05 bits per heavy atom. The fourth-order valence-corrected chi connectivity index (χ4v) is 7.21. The van der Waals surface area contributed by atoms with E-state index < -0.39 is 8.32 Å². The molecule has 0 radical (unpaired) electrons. The quantitative estimate of drug-likeness (QED) is 0.662. The number of hydrogen-bond donors (Lipinski definition) is 0. The van der Waals surface area contributed by atoms with E-state index in [0.717, 1.165) is 23.4 Å². The van der Waals surface area contributed by atoms with Crippen molar-refractivity contribution in [2.75, 3.05) is 6.61 Å². The Labute approximate surface area is 119 Å². The molecule has 4 bridgehead atoms. The molecule has 5 rings (SSSR count). The van der Waals surface area contributed by atoms with Crippen molar-refractivity contribution < 1.29 is 4.43 Å². The molecule has 0 aromatic rings. The number of hydrogen-bond acceptors (Lipinski definition) is 1. The first kappa shape index (κ1) is 12.9. The second-order valence-electron chi connectivity index (χ2n) is 10.1. The highest BCUT2D eigenvalue weighted by molar-refractivity contribution is 6.74. The largest absolute Gasteiger partial charge is 0.416 e. The number of rotatable bonds is 3. The second-order valence-corrected chi connectivity index (χ2v) is 14.9. The molecular weight excluding hydrogens is 248 g/mol. The van der Waals surface area contributed by atoms with Gasteiger partial charge >= 0.3 is 0 Å². The highest BCUT2D eigenvalue weighted by Crippen LogP contribution is 2.90. The van der Waals surface area contributed by atoms with Gasteiger partial charge in [0.2, 0.25) is 0 Å². The summed E-state index contributed by atoms with van der Waals surface area (Å²) in [7, 11) is -1.55. The molecule has 0 amide bonds. The van der Waals surface area contributed by atoms with Crippen LogP contribution < -0.4 is 0 Å². The molecule has 108 valence electrons. The maximum atomic E-state index is 6.62. The first-order valence-electron chi connectivity index (χ1n) is 8.25. The zero-order valence-electron chi connectivity index (χ0n) is 13.4. The minimum absolute atomic E-state index is 0.360. The van der Waals surface area contributed by atoms with Gasteiger partial charge in [-0.05, 0) is 78.8 Å². The molecule has 19 heavy (non-hydrogen) atoms. The first-order chi connectivity index (χ1) is 8.61. The summed E-state index contributed by atoms with van der Waals surface area (Å²) >= 11 is 0. The van der Waals surface area contributed by atoms with Crippen molar-refractivity contribution in [2.45, 2.75) is 77.4 Å². The smallest absolute Gasteiger partial charge is 0.192 e. The van der Waals surface area contributed by atoms with E-state index in [1.54, 1.807) is 19.3 Å². The van der Waals surface area contributed by atoms with Gasteiger partial charge in [0.1, 0.15) is 0 Å². The average molecular weight is 279 g/mol. The van der Waals surface area contributed by atoms with Crippen LogP contribution in [0.3, 0.4) is 0 Å². The van der Waals surface area contributed by atoms with Crippen LogP contribution in [-0.2, 0) is 4.43 Å².